The first kappa shape index (κ1) is 13.4. The lowest BCUT2D eigenvalue weighted by Gasteiger charge is -2.39. The van der Waals surface area contributed by atoms with E-state index in [1.54, 1.807) is 0 Å². The summed E-state index contributed by atoms with van der Waals surface area (Å²) in [6.07, 6.45) is 3.96. The summed E-state index contributed by atoms with van der Waals surface area (Å²) in [5, 5.41) is 9.85. The van der Waals surface area contributed by atoms with Gasteiger partial charge in [0.05, 0.1) is 19.4 Å². The monoisotopic (exact) mass is 293 g/mol. The standard InChI is InChI=1S/C13H16ClN5O/c1-20-13-16-7-11(14)12(17-13)18-4-5-19(9-2-3-9)10(6-15)8-18/h7,9-10H,2-5,8H2,1H3. The van der Waals surface area contributed by atoms with E-state index >= 15 is 0 Å². The Labute approximate surface area is 122 Å². The topological polar surface area (TPSA) is 65.3 Å². The molecular weight excluding hydrogens is 278 g/mol. The average Bonchev–Trinajstić information content (AvgIpc) is 3.32. The molecule has 1 saturated carbocycles. The predicted molar refractivity (Wildman–Crippen MR) is 74.9 cm³/mol. The van der Waals surface area contributed by atoms with E-state index < -0.39 is 0 Å². The number of nitriles is 1. The molecule has 2 heterocycles. The Kier molecular flexibility index (Phi) is 3.64. The molecule has 7 heteroatoms. The number of ether oxygens (including phenoxy) is 1. The maximum Gasteiger partial charge on any atom is 0.318 e. The summed E-state index contributed by atoms with van der Waals surface area (Å²) in [7, 11) is 1.52. The van der Waals surface area contributed by atoms with Crippen LogP contribution < -0.4 is 9.64 Å². The third-order valence-electron chi connectivity index (χ3n) is 3.77. The van der Waals surface area contributed by atoms with Crippen LogP contribution in [-0.2, 0) is 0 Å². The third-order valence-corrected chi connectivity index (χ3v) is 4.04. The minimum atomic E-state index is -0.103. The Hall–Kier alpha value is -1.58. The van der Waals surface area contributed by atoms with Gasteiger partial charge in [-0.2, -0.15) is 10.2 Å². The second-order valence-corrected chi connectivity index (χ2v) is 5.50. The van der Waals surface area contributed by atoms with Crippen molar-refractivity contribution in [3.63, 3.8) is 0 Å². The number of methoxy groups -OCH3 is 1. The minimum Gasteiger partial charge on any atom is -0.467 e. The fourth-order valence-electron chi connectivity index (χ4n) is 2.61. The Morgan fingerprint density at radius 3 is 2.90 bits per heavy atom. The fraction of sp³-hybridized carbons (Fsp3) is 0.615. The number of nitrogens with zero attached hydrogens (tertiary/aromatic N) is 5. The number of piperazine rings is 1. The first-order valence-corrected chi connectivity index (χ1v) is 7.07. The van der Waals surface area contributed by atoms with Gasteiger partial charge in [-0.3, -0.25) is 4.90 Å². The van der Waals surface area contributed by atoms with Gasteiger partial charge in [-0.1, -0.05) is 11.6 Å². The average molecular weight is 294 g/mol. The van der Waals surface area contributed by atoms with Crippen LogP contribution in [0.3, 0.4) is 0 Å². The van der Waals surface area contributed by atoms with Gasteiger partial charge in [0.25, 0.3) is 0 Å². The van der Waals surface area contributed by atoms with Gasteiger partial charge in [-0.25, -0.2) is 4.98 Å². The lowest BCUT2D eigenvalue weighted by Crippen LogP contribution is -2.53. The maximum atomic E-state index is 9.36. The van der Waals surface area contributed by atoms with Gasteiger partial charge in [-0.05, 0) is 12.8 Å². The molecule has 0 spiro atoms. The lowest BCUT2D eigenvalue weighted by molar-refractivity contribution is 0.203. The van der Waals surface area contributed by atoms with Crippen molar-refractivity contribution in [1.82, 2.24) is 14.9 Å². The summed E-state index contributed by atoms with van der Waals surface area (Å²) in [6, 6.07) is 3.17. The highest BCUT2D eigenvalue weighted by Gasteiger charge is 2.38. The quantitative estimate of drug-likeness (QED) is 0.837. The van der Waals surface area contributed by atoms with E-state index in [9.17, 15) is 5.26 Å². The van der Waals surface area contributed by atoms with Crippen molar-refractivity contribution in [3.05, 3.63) is 11.2 Å². The van der Waals surface area contributed by atoms with Gasteiger partial charge >= 0.3 is 6.01 Å². The van der Waals surface area contributed by atoms with Gasteiger partial charge in [-0.15, -0.1) is 0 Å². The molecule has 6 nitrogen and oxygen atoms in total. The van der Waals surface area contributed by atoms with E-state index in [2.05, 4.69) is 20.9 Å². The number of hydrogen-bond donors (Lipinski definition) is 0. The molecule has 0 amide bonds. The smallest absolute Gasteiger partial charge is 0.318 e. The van der Waals surface area contributed by atoms with Crippen molar-refractivity contribution in [2.45, 2.75) is 24.9 Å². The summed E-state index contributed by atoms with van der Waals surface area (Å²) < 4.78 is 5.04. The summed E-state index contributed by atoms with van der Waals surface area (Å²) in [6.45, 7) is 2.30. The maximum absolute atomic E-state index is 9.36. The Balaban J connectivity index is 1.80. The van der Waals surface area contributed by atoms with Crippen LogP contribution in [0.2, 0.25) is 5.02 Å². The molecule has 1 aliphatic carbocycles. The van der Waals surface area contributed by atoms with Gasteiger partial charge in [0.15, 0.2) is 5.82 Å². The van der Waals surface area contributed by atoms with Gasteiger partial charge in [0, 0.05) is 25.7 Å². The molecule has 3 rings (SSSR count). The van der Waals surface area contributed by atoms with Crippen LogP contribution in [-0.4, -0.2) is 53.7 Å². The highest BCUT2D eigenvalue weighted by Crippen LogP contribution is 2.32. The molecule has 0 aromatic carbocycles. The van der Waals surface area contributed by atoms with Gasteiger partial charge in [0.2, 0.25) is 0 Å². The van der Waals surface area contributed by atoms with Crippen LogP contribution in [0.1, 0.15) is 12.8 Å². The van der Waals surface area contributed by atoms with Crippen LogP contribution >= 0.6 is 11.6 Å². The summed E-state index contributed by atoms with van der Waals surface area (Å²) >= 11 is 6.17. The SMILES string of the molecule is COc1ncc(Cl)c(N2CCN(C3CC3)C(C#N)C2)n1. The van der Waals surface area contributed by atoms with Crippen molar-refractivity contribution >= 4 is 17.4 Å². The first-order chi connectivity index (χ1) is 9.72. The Morgan fingerprint density at radius 2 is 2.25 bits per heavy atom. The highest BCUT2D eigenvalue weighted by atomic mass is 35.5. The normalized spacial score (nSPS) is 23.4. The van der Waals surface area contributed by atoms with Crippen molar-refractivity contribution in [2.75, 3.05) is 31.6 Å². The zero-order valence-electron chi connectivity index (χ0n) is 11.3. The third kappa shape index (κ3) is 2.51. The van der Waals surface area contributed by atoms with E-state index in [1.165, 1.54) is 26.1 Å². The lowest BCUT2D eigenvalue weighted by atomic mass is 10.2. The second kappa shape index (κ2) is 5.43. The van der Waals surface area contributed by atoms with Crippen molar-refractivity contribution in [1.29, 1.82) is 5.26 Å². The number of anilines is 1. The summed E-state index contributed by atoms with van der Waals surface area (Å²) in [5.41, 5.74) is 0. The van der Waals surface area contributed by atoms with Crippen LogP contribution in [0, 0.1) is 11.3 Å². The molecular formula is C13H16ClN5O. The summed E-state index contributed by atoms with van der Waals surface area (Å²) in [5.74, 6) is 0.647. The van der Waals surface area contributed by atoms with Crippen LogP contribution in [0.15, 0.2) is 6.20 Å². The molecule has 0 N–H and O–H groups in total. The van der Waals surface area contributed by atoms with Crippen LogP contribution in [0.5, 0.6) is 6.01 Å². The Morgan fingerprint density at radius 1 is 1.45 bits per heavy atom. The predicted octanol–water partition coefficient (Wildman–Crippen LogP) is 1.32. The molecule has 1 aromatic heterocycles. The molecule has 20 heavy (non-hydrogen) atoms. The number of halogens is 1. The van der Waals surface area contributed by atoms with E-state index in [-0.39, 0.29) is 6.04 Å². The largest absolute Gasteiger partial charge is 0.467 e. The molecule has 106 valence electrons. The highest BCUT2D eigenvalue weighted by molar-refractivity contribution is 6.32. The number of aromatic nitrogens is 2. The van der Waals surface area contributed by atoms with Crippen LogP contribution in [0.4, 0.5) is 5.82 Å². The first-order valence-electron chi connectivity index (χ1n) is 6.69. The van der Waals surface area contributed by atoms with Gasteiger partial charge < -0.3 is 9.64 Å². The minimum absolute atomic E-state index is 0.103. The van der Waals surface area contributed by atoms with E-state index in [0.29, 0.717) is 29.4 Å². The zero-order valence-corrected chi connectivity index (χ0v) is 12.0. The fourth-order valence-corrected chi connectivity index (χ4v) is 2.82. The Bertz CT molecular complexity index is 542. The molecule has 1 saturated heterocycles. The molecule has 0 bridgehead atoms. The molecule has 1 unspecified atom stereocenters. The van der Waals surface area contributed by atoms with Crippen molar-refractivity contribution in [3.8, 4) is 12.1 Å². The second-order valence-electron chi connectivity index (χ2n) is 5.09. The van der Waals surface area contributed by atoms with E-state index in [0.717, 1.165) is 13.1 Å². The molecule has 2 fully saturated rings. The zero-order chi connectivity index (χ0) is 14.1. The molecule has 0 radical (unpaired) electrons. The van der Waals surface area contributed by atoms with E-state index in [1.807, 2.05) is 4.90 Å². The molecule has 1 aromatic rings. The molecule has 2 aliphatic rings. The molecule has 1 atom stereocenters. The van der Waals surface area contributed by atoms with Crippen LogP contribution in [0.25, 0.3) is 0 Å². The molecule has 1 aliphatic heterocycles. The number of hydrogen-bond acceptors (Lipinski definition) is 6. The van der Waals surface area contributed by atoms with E-state index in [4.69, 9.17) is 16.3 Å². The van der Waals surface area contributed by atoms with Crippen molar-refractivity contribution in [2.24, 2.45) is 0 Å². The van der Waals surface area contributed by atoms with Crippen molar-refractivity contribution < 1.29 is 4.74 Å². The number of rotatable bonds is 3. The van der Waals surface area contributed by atoms with Gasteiger partial charge in [0.1, 0.15) is 11.1 Å². The summed E-state index contributed by atoms with van der Waals surface area (Å²) in [4.78, 5) is 12.6.